The van der Waals surface area contributed by atoms with E-state index in [1.165, 1.54) is 37.4 Å². The molecule has 4 nitrogen and oxygen atoms in total. The summed E-state index contributed by atoms with van der Waals surface area (Å²) in [6.07, 6.45) is 1.09. The number of rotatable bonds is 4. The molecule has 6 heteroatoms. The fraction of sp³-hybridized carbons (Fsp3) is 0.200. The van der Waals surface area contributed by atoms with Crippen LogP contribution in [0.25, 0.3) is 0 Å². The zero-order valence-electron chi connectivity index (χ0n) is 11.6. The van der Waals surface area contributed by atoms with Crippen LogP contribution in [-0.2, 0) is 4.74 Å². The van der Waals surface area contributed by atoms with E-state index in [0.29, 0.717) is 5.69 Å². The van der Waals surface area contributed by atoms with Gasteiger partial charge in [-0.25, -0.2) is 13.6 Å². The number of aromatic nitrogens is 1. The zero-order valence-corrected chi connectivity index (χ0v) is 11.6. The number of carbonyl (C=O) groups excluding carboxylic acids is 1. The summed E-state index contributed by atoms with van der Waals surface area (Å²) in [6.45, 7) is 1.75. The molecular weight excluding hydrogens is 278 g/mol. The highest BCUT2D eigenvalue weighted by molar-refractivity contribution is 5.90. The molecule has 0 spiro atoms. The van der Waals surface area contributed by atoms with Gasteiger partial charge in [-0.1, -0.05) is 0 Å². The molecule has 2 rings (SSSR count). The van der Waals surface area contributed by atoms with Gasteiger partial charge in [0.15, 0.2) is 0 Å². The van der Waals surface area contributed by atoms with Crippen LogP contribution in [0.15, 0.2) is 36.5 Å². The molecule has 0 saturated heterocycles. The molecule has 0 aliphatic heterocycles. The van der Waals surface area contributed by atoms with Gasteiger partial charge in [0, 0.05) is 0 Å². The Hall–Kier alpha value is -2.50. The largest absolute Gasteiger partial charge is 0.465 e. The average Bonchev–Trinajstić information content (AvgIpc) is 2.49. The molecule has 1 aromatic heterocycles. The minimum Gasteiger partial charge on any atom is -0.465 e. The smallest absolute Gasteiger partial charge is 0.337 e. The first kappa shape index (κ1) is 14.9. The third kappa shape index (κ3) is 3.53. The van der Waals surface area contributed by atoms with Crippen molar-refractivity contribution in [2.75, 3.05) is 12.4 Å². The van der Waals surface area contributed by atoms with Crippen molar-refractivity contribution in [2.24, 2.45) is 0 Å². The number of esters is 1. The number of hydrogen-bond acceptors (Lipinski definition) is 4. The van der Waals surface area contributed by atoms with E-state index in [4.69, 9.17) is 0 Å². The van der Waals surface area contributed by atoms with E-state index in [-0.39, 0.29) is 17.3 Å². The maximum atomic E-state index is 13.8. The standard InChI is InChI=1S/C15H14F2N2O2/c1-9(13-6-4-11(16)8-18-13)19-14-7-10(15(20)21-2)3-5-12(14)17/h3-9,19H,1-2H3. The molecule has 0 fully saturated rings. The predicted molar refractivity (Wildman–Crippen MR) is 74.0 cm³/mol. The third-order valence-electron chi connectivity index (χ3n) is 2.95. The number of methoxy groups -OCH3 is 1. The van der Waals surface area contributed by atoms with Gasteiger partial charge in [-0.2, -0.15) is 0 Å². The predicted octanol–water partition coefficient (Wildman–Crippen LogP) is 3.32. The van der Waals surface area contributed by atoms with Gasteiger partial charge in [0.25, 0.3) is 0 Å². The summed E-state index contributed by atoms with van der Waals surface area (Å²) in [4.78, 5) is 15.4. The van der Waals surface area contributed by atoms with Crippen LogP contribution in [-0.4, -0.2) is 18.1 Å². The van der Waals surface area contributed by atoms with E-state index < -0.39 is 17.6 Å². The SMILES string of the molecule is COC(=O)c1ccc(F)c(NC(C)c2ccc(F)cn2)c1. The van der Waals surface area contributed by atoms with Crippen molar-refractivity contribution >= 4 is 11.7 Å². The first-order chi connectivity index (χ1) is 10.0. The molecule has 1 aromatic carbocycles. The Labute approximate surface area is 120 Å². The first-order valence-corrected chi connectivity index (χ1v) is 6.27. The van der Waals surface area contributed by atoms with Gasteiger partial charge in [0.1, 0.15) is 11.6 Å². The summed E-state index contributed by atoms with van der Waals surface area (Å²) < 4.78 is 31.2. The van der Waals surface area contributed by atoms with Crippen LogP contribution in [0.1, 0.15) is 29.0 Å². The summed E-state index contributed by atoms with van der Waals surface area (Å²) >= 11 is 0. The minimum absolute atomic E-state index is 0.150. The summed E-state index contributed by atoms with van der Waals surface area (Å²) in [6, 6.07) is 6.32. The summed E-state index contributed by atoms with van der Waals surface area (Å²) in [5.74, 6) is -1.49. The first-order valence-electron chi connectivity index (χ1n) is 6.27. The molecule has 2 aromatic rings. The topological polar surface area (TPSA) is 51.2 Å². The Kier molecular flexibility index (Phi) is 4.47. The number of hydrogen-bond donors (Lipinski definition) is 1. The van der Waals surface area contributed by atoms with E-state index in [2.05, 4.69) is 15.0 Å². The number of halogens is 2. The minimum atomic E-state index is -0.550. The number of nitrogens with zero attached hydrogens (tertiary/aromatic N) is 1. The maximum absolute atomic E-state index is 13.8. The summed E-state index contributed by atoms with van der Waals surface area (Å²) in [5.41, 5.74) is 0.941. The second kappa shape index (κ2) is 6.30. The van der Waals surface area contributed by atoms with Crippen molar-refractivity contribution < 1.29 is 18.3 Å². The lowest BCUT2D eigenvalue weighted by molar-refractivity contribution is 0.0600. The van der Waals surface area contributed by atoms with Crippen molar-refractivity contribution in [3.63, 3.8) is 0 Å². The number of nitrogens with one attached hydrogen (secondary N) is 1. The van der Waals surface area contributed by atoms with Crippen molar-refractivity contribution in [3.8, 4) is 0 Å². The summed E-state index contributed by atoms with van der Waals surface area (Å²) in [7, 11) is 1.25. The van der Waals surface area contributed by atoms with E-state index in [1.54, 1.807) is 6.92 Å². The van der Waals surface area contributed by atoms with Crippen LogP contribution in [0.3, 0.4) is 0 Å². The van der Waals surface area contributed by atoms with Gasteiger partial charge in [-0.05, 0) is 37.3 Å². The van der Waals surface area contributed by atoms with Crippen LogP contribution in [0.5, 0.6) is 0 Å². The number of benzene rings is 1. The Morgan fingerprint density at radius 1 is 1.29 bits per heavy atom. The molecule has 0 saturated carbocycles. The normalized spacial score (nSPS) is 11.8. The van der Waals surface area contributed by atoms with E-state index in [0.717, 1.165) is 6.20 Å². The van der Waals surface area contributed by atoms with Gasteiger partial charge in [-0.15, -0.1) is 0 Å². The van der Waals surface area contributed by atoms with Gasteiger partial charge >= 0.3 is 5.97 Å². The van der Waals surface area contributed by atoms with Crippen LogP contribution in [0.2, 0.25) is 0 Å². The highest BCUT2D eigenvalue weighted by Gasteiger charge is 2.13. The van der Waals surface area contributed by atoms with Crippen LogP contribution in [0, 0.1) is 11.6 Å². The van der Waals surface area contributed by atoms with Crippen molar-refractivity contribution in [2.45, 2.75) is 13.0 Å². The molecule has 1 atom stereocenters. The molecule has 21 heavy (non-hydrogen) atoms. The quantitative estimate of drug-likeness (QED) is 0.878. The fourth-order valence-electron chi connectivity index (χ4n) is 1.83. The molecule has 0 radical (unpaired) electrons. The molecule has 0 aliphatic rings. The van der Waals surface area contributed by atoms with Crippen molar-refractivity contribution in [1.82, 2.24) is 4.98 Å². The average molecular weight is 292 g/mol. The molecule has 1 heterocycles. The molecule has 1 N–H and O–H groups in total. The Morgan fingerprint density at radius 2 is 2.05 bits per heavy atom. The van der Waals surface area contributed by atoms with E-state index >= 15 is 0 Å². The molecule has 0 aliphatic carbocycles. The molecule has 1 unspecified atom stereocenters. The maximum Gasteiger partial charge on any atom is 0.337 e. The lowest BCUT2D eigenvalue weighted by Crippen LogP contribution is -2.11. The summed E-state index contributed by atoms with van der Waals surface area (Å²) in [5, 5.41) is 2.90. The number of pyridine rings is 1. The lowest BCUT2D eigenvalue weighted by atomic mass is 10.1. The number of carbonyl (C=O) groups is 1. The van der Waals surface area contributed by atoms with Crippen LogP contribution in [0.4, 0.5) is 14.5 Å². The van der Waals surface area contributed by atoms with Crippen molar-refractivity contribution in [3.05, 3.63) is 59.4 Å². The number of anilines is 1. The van der Waals surface area contributed by atoms with E-state index in [1.807, 2.05) is 0 Å². The van der Waals surface area contributed by atoms with Gasteiger partial charge in [-0.3, -0.25) is 4.98 Å². The van der Waals surface area contributed by atoms with Gasteiger partial charge in [0.2, 0.25) is 0 Å². The third-order valence-corrected chi connectivity index (χ3v) is 2.95. The van der Waals surface area contributed by atoms with Gasteiger partial charge < -0.3 is 10.1 Å². The fourth-order valence-corrected chi connectivity index (χ4v) is 1.83. The second-order valence-electron chi connectivity index (χ2n) is 4.45. The molecule has 0 bridgehead atoms. The zero-order chi connectivity index (χ0) is 15.4. The van der Waals surface area contributed by atoms with Crippen LogP contribution < -0.4 is 5.32 Å². The molecular formula is C15H14F2N2O2. The van der Waals surface area contributed by atoms with E-state index in [9.17, 15) is 13.6 Å². The van der Waals surface area contributed by atoms with Crippen LogP contribution >= 0.6 is 0 Å². The Bertz CT molecular complexity index is 645. The highest BCUT2D eigenvalue weighted by Crippen LogP contribution is 2.22. The second-order valence-corrected chi connectivity index (χ2v) is 4.45. The monoisotopic (exact) mass is 292 g/mol. The lowest BCUT2D eigenvalue weighted by Gasteiger charge is -2.16. The molecule has 0 amide bonds. The Morgan fingerprint density at radius 3 is 2.67 bits per heavy atom. The van der Waals surface area contributed by atoms with Crippen molar-refractivity contribution in [1.29, 1.82) is 0 Å². The highest BCUT2D eigenvalue weighted by atomic mass is 19.1. The number of ether oxygens (including phenoxy) is 1. The molecule has 110 valence electrons. The van der Waals surface area contributed by atoms with Gasteiger partial charge in [0.05, 0.1) is 36.3 Å². The Balaban J connectivity index is 2.22.